The predicted octanol–water partition coefficient (Wildman–Crippen LogP) is 1.55. The summed E-state index contributed by atoms with van der Waals surface area (Å²) in [7, 11) is -3.82. The normalized spacial score (nSPS) is 24.1. The van der Waals surface area contributed by atoms with Gasteiger partial charge in [0.2, 0.25) is 0 Å². The third-order valence-electron chi connectivity index (χ3n) is 4.05. The van der Waals surface area contributed by atoms with Crippen molar-refractivity contribution in [1.82, 2.24) is 10.9 Å². The SMILES string of the molecule is CCOC(=O)C1C(C)NNC1S(=O)(=O)Nc1ccc(C(C)C)cc1. The Morgan fingerprint density at radius 2 is 1.88 bits per heavy atom. The van der Waals surface area contributed by atoms with Crippen LogP contribution in [-0.2, 0) is 19.6 Å². The number of carbonyl (C=O) groups is 1. The van der Waals surface area contributed by atoms with E-state index in [-0.39, 0.29) is 12.6 Å². The number of benzene rings is 1. The Kier molecular flexibility index (Phi) is 5.84. The molecule has 1 aliphatic rings. The van der Waals surface area contributed by atoms with E-state index in [4.69, 9.17) is 4.74 Å². The topological polar surface area (TPSA) is 96.5 Å². The van der Waals surface area contributed by atoms with Crippen LogP contribution in [0.4, 0.5) is 5.69 Å². The number of ether oxygens (including phenoxy) is 1. The van der Waals surface area contributed by atoms with Crippen molar-refractivity contribution in [2.24, 2.45) is 5.92 Å². The lowest BCUT2D eigenvalue weighted by molar-refractivity contribution is -0.148. The second kappa shape index (κ2) is 7.50. The fourth-order valence-electron chi connectivity index (χ4n) is 2.66. The Balaban J connectivity index is 2.17. The number of hydrazine groups is 1. The molecule has 0 radical (unpaired) electrons. The standard InChI is InChI=1S/C16H25N3O4S/c1-5-23-16(20)14-11(4)17-18-15(14)24(21,22)19-13-8-6-12(7-9-13)10(2)3/h6-11,14-15,17-19H,5H2,1-4H3. The lowest BCUT2D eigenvalue weighted by atomic mass is 10.0. The molecule has 0 saturated carbocycles. The Morgan fingerprint density at radius 3 is 2.42 bits per heavy atom. The second-order valence-electron chi connectivity index (χ2n) is 6.20. The van der Waals surface area contributed by atoms with E-state index >= 15 is 0 Å². The third kappa shape index (κ3) is 4.06. The second-order valence-corrected chi connectivity index (χ2v) is 8.00. The molecule has 8 heteroatoms. The van der Waals surface area contributed by atoms with E-state index in [2.05, 4.69) is 29.4 Å². The van der Waals surface area contributed by atoms with E-state index in [9.17, 15) is 13.2 Å². The number of esters is 1. The Labute approximate surface area is 143 Å². The number of hydrogen-bond acceptors (Lipinski definition) is 6. The summed E-state index contributed by atoms with van der Waals surface area (Å²) >= 11 is 0. The van der Waals surface area contributed by atoms with Gasteiger partial charge in [0, 0.05) is 11.7 Å². The molecule has 24 heavy (non-hydrogen) atoms. The van der Waals surface area contributed by atoms with Crippen LogP contribution >= 0.6 is 0 Å². The number of carbonyl (C=O) groups excluding carboxylic acids is 1. The van der Waals surface area contributed by atoms with Gasteiger partial charge in [-0.1, -0.05) is 26.0 Å². The molecule has 0 amide bonds. The molecule has 7 nitrogen and oxygen atoms in total. The maximum Gasteiger partial charge on any atom is 0.313 e. The van der Waals surface area contributed by atoms with Gasteiger partial charge in [-0.25, -0.2) is 13.8 Å². The lowest BCUT2D eigenvalue weighted by Gasteiger charge is -2.20. The van der Waals surface area contributed by atoms with Crippen molar-refractivity contribution in [2.45, 2.75) is 45.0 Å². The zero-order valence-corrected chi connectivity index (χ0v) is 15.2. The van der Waals surface area contributed by atoms with Crippen LogP contribution in [0.2, 0.25) is 0 Å². The molecule has 1 fully saturated rings. The number of rotatable bonds is 6. The van der Waals surface area contributed by atoms with E-state index in [1.807, 2.05) is 12.1 Å². The molecule has 0 bridgehead atoms. The van der Waals surface area contributed by atoms with Crippen LogP contribution < -0.4 is 15.6 Å². The molecular weight excluding hydrogens is 330 g/mol. The van der Waals surface area contributed by atoms with Crippen LogP contribution in [0.3, 0.4) is 0 Å². The van der Waals surface area contributed by atoms with E-state index in [1.165, 1.54) is 0 Å². The zero-order valence-electron chi connectivity index (χ0n) is 14.4. The molecule has 134 valence electrons. The summed E-state index contributed by atoms with van der Waals surface area (Å²) in [4.78, 5) is 12.1. The number of anilines is 1. The van der Waals surface area contributed by atoms with Crippen LogP contribution in [0.5, 0.6) is 0 Å². The minimum atomic E-state index is -3.82. The minimum absolute atomic E-state index is 0.207. The monoisotopic (exact) mass is 355 g/mol. The first-order valence-corrected chi connectivity index (χ1v) is 9.60. The van der Waals surface area contributed by atoms with Crippen LogP contribution in [-0.4, -0.2) is 32.4 Å². The van der Waals surface area contributed by atoms with Gasteiger partial charge in [0.05, 0.1) is 6.61 Å². The van der Waals surface area contributed by atoms with Gasteiger partial charge >= 0.3 is 5.97 Å². The van der Waals surface area contributed by atoms with Gasteiger partial charge in [-0.05, 0) is 37.5 Å². The van der Waals surface area contributed by atoms with Gasteiger partial charge in [-0.2, -0.15) is 0 Å². The summed E-state index contributed by atoms with van der Waals surface area (Å²) in [5, 5.41) is -1.10. The van der Waals surface area contributed by atoms with Gasteiger partial charge in [0.15, 0.2) is 5.37 Å². The quantitative estimate of drug-likeness (QED) is 0.670. The summed E-state index contributed by atoms with van der Waals surface area (Å²) in [6.45, 7) is 7.77. The van der Waals surface area contributed by atoms with E-state index in [1.54, 1.807) is 26.0 Å². The van der Waals surface area contributed by atoms with Crippen LogP contribution in [0.25, 0.3) is 0 Å². The fraction of sp³-hybridized carbons (Fsp3) is 0.562. The molecule has 3 unspecified atom stereocenters. The maximum absolute atomic E-state index is 12.7. The average Bonchev–Trinajstić information content (AvgIpc) is 2.90. The first-order valence-electron chi connectivity index (χ1n) is 8.05. The van der Waals surface area contributed by atoms with Gasteiger partial charge in [0.25, 0.3) is 10.0 Å². The van der Waals surface area contributed by atoms with E-state index < -0.39 is 27.3 Å². The molecule has 1 aromatic carbocycles. The highest BCUT2D eigenvalue weighted by Crippen LogP contribution is 2.24. The Bertz CT molecular complexity index is 673. The van der Waals surface area contributed by atoms with Crippen molar-refractivity contribution in [3.8, 4) is 0 Å². The summed E-state index contributed by atoms with van der Waals surface area (Å²) in [5.74, 6) is -0.990. The highest BCUT2D eigenvalue weighted by molar-refractivity contribution is 7.93. The average molecular weight is 355 g/mol. The molecular formula is C16H25N3O4S. The third-order valence-corrected chi connectivity index (χ3v) is 5.65. The largest absolute Gasteiger partial charge is 0.466 e. The number of hydrogen-bond donors (Lipinski definition) is 3. The Morgan fingerprint density at radius 1 is 1.25 bits per heavy atom. The molecule has 1 aromatic rings. The van der Waals surface area contributed by atoms with Crippen molar-refractivity contribution in [3.63, 3.8) is 0 Å². The fourth-order valence-corrected chi connectivity index (χ4v) is 4.20. The highest BCUT2D eigenvalue weighted by Gasteiger charge is 2.46. The summed E-state index contributed by atoms with van der Waals surface area (Å²) in [6.07, 6.45) is 0. The van der Waals surface area contributed by atoms with Crippen molar-refractivity contribution in [3.05, 3.63) is 29.8 Å². The molecule has 1 heterocycles. The summed E-state index contributed by atoms with van der Waals surface area (Å²) < 4.78 is 32.9. The molecule has 2 rings (SSSR count). The van der Waals surface area contributed by atoms with Crippen molar-refractivity contribution in [1.29, 1.82) is 0 Å². The van der Waals surface area contributed by atoms with Crippen molar-refractivity contribution < 1.29 is 17.9 Å². The van der Waals surface area contributed by atoms with E-state index in [0.29, 0.717) is 11.6 Å². The molecule has 0 aliphatic carbocycles. The summed E-state index contributed by atoms with van der Waals surface area (Å²) in [6, 6.07) is 6.85. The lowest BCUT2D eigenvalue weighted by Crippen LogP contribution is -2.44. The smallest absolute Gasteiger partial charge is 0.313 e. The van der Waals surface area contributed by atoms with Crippen molar-refractivity contribution >= 4 is 21.7 Å². The Hall–Kier alpha value is -1.64. The minimum Gasteiger partial charge on any atom is -0.466 e. The summed E-state index contributed by atoms with van der Waals surface area (Å²) in [5.41, 5.74) is 7.07. The molecule has 0 aromatic heterocycles. The zero-order chi connectivity index (χ0) is 17.9. The van der Waals surface area contributed by atoms with Crippen LogP contribution in [0.1, 0.15) is 39.2 Å². The molecule has 3 N–H and O–H groups in total. The molecule has 1 saturated heterocycles. The van der Waals surface area contributed by atoms with Gasteiger partial charge in [-0.15, -0.1) is 0 Å². The molecule has 1 aliphatic heterocycles. The first-order chi connectivity index (χ1) is 11.3. The van der Waals surface area contributed by atoms with E-state index in [0.717, 1.165) is 5.56 Å². The number of nitrogens with one attached hydrogen (secondary N) is 3. The number of sulfonamides is 1. The van der Waals surface area contributed by atoms with Gasteiger partial charge < -0.3 is 4.74 Å². The maximum atomic E-state index is 12.7. The predicted molar refractivity (Wildman–Crippen MR) is 92.7 cm³/mol. The van der Waals surface area contributed by atoms with Crippen molar-refractivity contribution in [2.75, 3.05) is 11.3 Å². The molecule has 0 spiro atoms. The van der Waals surface area contributed by atoms with Gasteiger partial charge in [-0.3, -0.25) is 14.9 Å². The van der Waals surface area contributed by atoms with Gasteiger partial charge in [0.1, 0.15) is 5.92 Å². The van der Waals surface area contributed by atoms with Crippen LogP contribution in [0, 0.1) is 5.92 Å². The highest BCUT2D eigenvalue weighted by atomic mass is 32.2. The first kappa shape index (κ1) is 18.7. The molecule has 3 atom stereocenters. The van der Waals surface area contributed by atoms with Crippen LogP contribution in [0.15, 0.2) is 24.3 Å².